The van der Waals surface area contributed by atoms with Gasteiger partial charge in [-0.25, -0.2) is 0 Å². The highest BCUT2D eigenvalue weighted by molar-refractivity contribution is 5.82. The van der Waals surface area contributed by atoms with Crippen molar-refractivity contribution in [2.45, 2.75) is 13.3 Å². The molecule has 20 heavy (non-hydrogen) atoms. The number of aliphatic carboxylic acids is 1. The smallest absolute Gasteiger partial charge is 0.323 e. The first-order valence-corrected chi connectivity index (χ1v) is 6.39. The zero-order chi connectivity index (χ0) is 15.0. The Morgan fingerprint density at radius 2 is 2.20 bits per heavy atom. The summed E-state index contributed by atoms with van der Waals surface area (Å²) in [5, 5.41) is 8.74. The Balaban J connectivity index is 2.59. The van der Waals surface area contributed by atoms with Crippen LogP contribution in [0.15, 0.2) is 36.9 Å². The Labute approximate surface area is 118 Å². The van der Waals surface area contributed by atoms with E-state index in [1.165, 1.54) is 11.0 Å². The minimum Gasteiger partial charge on any atom is -0.484 e. The van der Waals surface area contributed by atoms with Crippen LogP contribution in [0.2, 0.25) is 0 Å². The van der Waals surface area contributed by atoms with Gasteiger partial charge in [0, 0.05) is 6.54 Å². The summed E-state index contributed by atoms with van der Waals surface area (Å²) >= 11 is 0. The van der Waals surface area contributed by atoms with Crippen LogP contribution in [0.3, 0.4) is 0 Å². The van der Waals surface area contributed by atoms with Gasteiger partial charge in [-0.3, -0.25) is 9.59 Å². The molecule has 1 N–H and O–H groups in total. The predicted octanol–water partition coefficient (Wildman–Crippen LogP) is 1.73. The maximum atomic E-state index is 11.9. The van der Waals surface area contributed by atoms with Crippen molar-refractivity contribution in [1.82, 2.24) is 4.90 Å². The van der Waals surface area contributed by atoms with Crippen molar-refractivity contribution in [2.75, 3.05) is 19.7 Å². The highest BCUT2D eigenvalue weighted by Gasteiger charge is 2.15. The van der Waals surface area contributed by atoms with Gasteiger partial charge >= 0.3 is 5.97 Å². The Morgan fingerprint density at radius 1 is 1.45 bits per heavy atom. The third-order valence-electron chi connectivity index (χ3n) is 2.70. The lowest BCUT2D eigenvalue weighted by atomic mass is 10.2. The van der Waals surface area contributed by atoms with Gasteiger partial charge in [-0.1, -0.05) is 25.1 Å². The SMILES string of the molecule is C=CCN(CC(=O)O)C(=O)COc1cccc(CC)c1. The molecule has 0 spiro atoms. The highest BCUT2D eigenvalue weighted by atomic mass is 16.5. The van der Waals surface area contributed by atoms with E-state index in [0.29, 0.717) is 5.75 Å². The lowest BCUT2D eigenvalue weighted by Crippen LogP contribution is -2.38. The van der Waals surface area contributed by atoms with Gasteiger partial charge in [-0.2, -0.15) is 0 Å². The summed E-state index contributed by atoms with van der Waals surface area (Å²) in [5.74, 6) is -0.839. The van der Waals surface area contributed by atoms with Gasteiger partial charge in [0.25, 0.3) is 5.91 Å². The monoisotopic (exact) mass is 277 g/mol. The zero-order valence-corrected chi connectivity index (χ0v) is 11.5. The molecule has 0 aliphatic heterocycles. The largest absolute Gasteiger partial charge is 0.484 e. The summed E-state index contributed by atoms with van der Waals surface area (Å²) in [6.07, 6.45) is 2.37. The minimum atomic E-state index is -1.06. The molecule has 0 unspecified atom stereocenters. The van der Waals surface area contributed by atoms with Crippen LogP contribution in [0, 0.1) is 0 Å². The van der Waals surface area contributed by atoms with Crippen molar-refractivity contribution in [3.05, 3.63) is 42.5 Å². The fraction of sp³-hybridized carbons (Fsp3) is 0.333. The molecule has 5 heteroatoms. The van der Waals surface area contributed by atoms with E-state index in [9.17, 15) is 9.59 Å². The molecule has 0 aliphatic carbocycles. The molecule has 1 amide bonds. The number of nitrogens with zero attached hydrogens (tertiary/aromatic N) is 1. The molecule has 0 saturated carbocycles. The molecule has 1 aromatic rings. The number of rotatable bonds is 8. The van der Waals surface area contributed by atoms with Crippen molar-refractivity contribution < 1.29 is 19.4 Å². The van der Waals surface area contributed by atoms with E-state index in [1.54, 1.807) is 6.07 Å². The van der Waals surface area contributed by atoms with Crippen LogP contribution in [0.25, 0.3) is 0 Å². The van der Waals surface area contributed by atoms with Crippen LogP contribution in [0.5, 0.6) is 5.75 Å². The number of benzene rings is 1. The number of hydrogen-bond donors (Lipinski definition) is 1. The fourth-order valence-electron chi connectivity index (χ4n) is 1.67. The van der Waals surface area contributed by atoms with E-state index in [2.05, 4.69) is 6.58 Å². The molecule has 1 rings (SSSR count). The molecular formula is C15H19NO4. The molecule has 5 nitrogen and oxygen atoms in total. The first-order valence-electron chi connectivity index (χ1n) is 6.39. The van der Waals surface area contributed by atoms with E-state index >= 15 is 0 Å². The highest BCUT2D eigenvalue weighted by Crippen LogP contribution is 2.13. The van der Waals surface area contributed by atoms with Gasteiger partial charge in [0.2, 0.25) is 0 Å². The summed E-state index contributed by atoms with van der Waals surface area (Å²) < 4.78 is 5.40. The normalized spacial score (nSPS) is 9.85. The summed E-state index contributed by atoms with van der Waals surface area (Å²) in [5.41, 5.74) is 1.11. The number of amides is 1. The maximum Gasteiger partial charge on any atom is 0.323 e. The van der Waals surface area contributed by atoms with Crippen LogP contribution in [0.1, 0.15) is 12.5 Å². The molecule has 0 saturated heterocycles. The average molecular weight is 277 g/mol. The van der Waals surface area contributed by atoms with Crippen molar-refractivity contribution in [3.63, 3.8) is 0 Å². The van der Waals surface area contributed by atoms with Crippen LogP contribution in [-0.2, 0) is 16.0 Å². The van der Waals surface area contributed by atoms with Gasteiger partial charge in [0.15, 0.2) is 6.61 Å². The van der Waals surface area contributed by atoms with Crippen LogP contribution in [-0.4, -0.2) is 41.6 Å². The Morgan fingerprint density at radius 3 is 2.80 bits per heavy atom. The third kappa shape index (κ3) is 5.14. The van der Waals surface area contributed by atoms with Gasteiger partial charge in [-0.05, 0) is 24.1 Å². The number of carboxylic acids is 1. The summed E-state index contributed by atoms with van der Waals surface area (Å²) in [7, 11) is 0. The van der Waals surface area contributed by atoms with Gasteiger partial charge in [0.05, 0.1) is 0 Å². The van der Waals surface area contributed by atoms with Gasteiger partial charge in [0.1, 0.15) is 12.3 Å². The lowest BCUT2D eigenvalue weighted by molar-refractivity contribution is -0.144. The van der Waals surface area contributed by atoms with Crippen molar-refractivity contribution in [1.29, 1.82) is 0 Å². The standard InChI is InChI=1S/C15H19NO4/c1-3-8-16(10-15(18)19)14(17)11-20-13-7-5-6-12(4-2)9-13/h3,5-7,9H,1,4,8,10-11H2,2H3,(H,18,19). The Hall–Kier alpha value is -2.30. The molecule has 0 fully saturated rings. The number of aryl methyl sites for hydroxylation is 1. The molecule has 0 aliphatic rings. The second-order valence-corrected chi connectivity index (χ2v) is 4.25. The molecule has 0 aromatic heterocycles. The molecule has 0 bridgehead atoms. The first-order chi connectivity index (χ1) is 9.56. The van der Waals surface area contributed by atoms with Gasteiger partial charge in [-0.15, -0.1) is 6.58 Å². The van der Waals surface area contributed by atoms with Crippen molar-refractivity contribution >= 4 is 11.9 Å². The molecule has 108 valence electrons. The predicted molar refractivity (Wildman–Crippen MR) is 75.7 cm³/mol. The molecule has 0 radical (unpaired) electrons. The number of ether oxygens (including phenoxy) is 1. The van der Waals surface area contributed by atoms with Crippen molar-refractivity contribution in [3.8, 4) is 5.75 Å². The van der Waals surface area contributed by atoms with Crippen molar-refractivity contribution in [2.24, 2.45) is 0 Å². The summed E-state index contributed by atoms with van der Waals surface area (Å²) in [6.45, 7) is 5.17. The van der Waals surface area contributed by atoms with Gasteiger partial charge < -0.3 is 14.7 Å². The second-order valence-electron chi connectivity index (χ2n) is 4.25. The Kier molecular flexibility index (Phi) is 6.29. The third-order valence-corrected chi connectivity index (χ3v) is 2.70. The molecule has 1 aromatic carbocycles. The quantitative estimate of drug-likeness (QED) is 0.735. The molecule has 0 atom stereocenters. The fourth-order valence-corrected chi connectivity index (χ4v) is 1.67. The Bertz CT molecular complexity index is 485. The number of carboxylic acid groups (broad SMARTS) is 1. The average Bonchev–Trinajstić information content (AvgIpc) is 2.44. The van der Waals surface area contributed by atoms with Crippen LogP contribution >= 0.6 is 0 Å². The van der Waals surface area contributed by atoms with Crippen LogP contribution < -0.4 is 4.74 Å². The molecule has 0 heterocycles. The van der Waals surface area contributed by atoms with E-state index < -0.39 is 5.97 Å². The second kappa shape index (κ2) is 7.99. The number of carbonyl (C=O) groups excluding carboxylic acids is 1. The van der Waals surface area contributed by atoms with E-state index in [4.69, 9.17) is 9.84 Å². The number of carbonyl (C=O) groups is 2. The summed E-state index contributed by atoms with van der Waals surface area (Å²) in [6, 6.07) is 7.46. The van der Waals surface area contributed by atoms with Crippen LogP contribution in [0.4, 0.5) is 0 Å². The maximum absolute atomic E-state index is 11.9. The van der Waals surface area contributed by atoms with E-state index in [1.807, 2.05) is 25.1 Å². The van der Waals surface area contributed by atoms with E-state index in [0.717, 1.165) is 12.0 Å². The topological polar surface area (TPSA) is 66.8 Å². The zero-order valence-electron chi connectivity index (χ0n) is 11.5. The van der Waals surface area contributed by atoms with E-state index in [-0.39, 0.29) is 25.6 Å². The molecular weight excluding hydrogens is 258 g/mol. The lowest BCUT2D eigenvalue weighted by Gasteiger charge is -2.19. The number of hydrogen-bond acceptors (Lipinski definition) is 3. The summed E-state index contributed by atoms with van der Waals surface area (Å²) in [4.78, 5) is 23.7. The first kappa shape index (κ1) is 15.8. The minimum absolute atomic E-state index is 0.184.